The number of rotatable bonds is 7. The van der Waals surface area contributed by atoms with Crippen LogP contribution < -0.4 is 0 Å². The number of nitroso groups, excluding NO2 is 1. The van der Waals surface area contributed by atoms with E-state index in [2.05, 4.69) is 83.6 Å². The molecule has 1 N–H and O–H groups in total. The van der Waals surface area contributed by atoms with Crippen molar-refractivity contribution >= 4 is 16.7 Å². The van der Waals surface area contributed by atoms with Crippen LogP contribution in [0.3, 0.4) is 0 Å². The predicted octanol–water partition coefficient (Wildman–Crippen LogP) is 7.56. The Bertz CT molecular complexity index is 1760. The summed E-state index contributed by atoms with van der Waals surface area (Å²) in [5.41, 5.74) is 16.3. The van der Waals surface area contributed by atoms with Gasteiger partial charge in [0.15, 0.2) is 0 Å². The Kier molecular flexibility index (Phi) is 7.68. The van der Waals surface area contributed by atoms with E-state index in [0.717, 1.165) is 69.0 Å². The summed E-state index contributed by atoms with van der Waals surface area (Å²) in [4.78, 5) is 15.4. The fourth-order valence-electron chi connectivity index (χ4n) is 6.53. The minimum absolute atomic E-state index is 0. The number of fused-ring (bicyclic) bond motifs is 2. The van der Waals surface area contributed by atoms with Gasteiger partial charge in [0, 0.05) is 83.7 Å². The molecule has 1 aliphatic heterocycles. The average molecular weight is 635 g/mol. The summed E-state index contributed by atoms with van der Waals surface area (Å²) in [6.07, 6.45) is 1.35. The van der Waals surface area contributed by atoms with E-state index in [1.165, 1.54) is 11.1 Å². The molecular formula is C33H33N6O2Y-. The molecule has 1 radical (unpaired) electrons. The Balaban J connectivity index is 0.00000316. The first-order valence-electron chi connectivity index (χ1n) is 14.1. The van der Waals surface area contributed by atoms with Gasteiger partial charge in [0.2, 0.25) is 0 Å². The van der Waals surface area contributed by atoms with Crippen molar-refractivity contribution in [2.45, 2.75) is 51.4 Å². The van der Waals surface area contributed by atoms with Gasteiger partial charge < -0.3 is 20.2 Å². The van der Waals surface area contributed by atoms with Gasteiger partial charge in [-0.05, 0) is 41.7 Å². The molecule has 5 aromatic rings. The second-order valence-corrected chi connectivity index (χ2v) is 11.4. The number of hydrogen-bond acceptors (Lipinski definition) is 5. The van der Waals surface area contributed by atoms with Crippen molar-refractivity contribution in [2.24, 2.45) is 12.2 Å². The summed E-state index contributed by atoms with van der Waals surface area (Å²) in [7, 11) is 3.66. The molecule has 3 heterocycles. The van der Waals surface area contributed by atoms with Crippen molar-refractivity contribution in [1.82, 2.24) is 19.8 Å². The van der Waals surface area contributed by atoms with Gasteiger partial charge in [-0.1, -0.05) is 77.5 Å². The molecule has 0 atom stereocenters. The number of nitrogens with one attached hydrogen (secondary N) is 1. The summed E-state index contributed by atoms with van der Waals surface area (Å²) in [6.45, 7) is 5.92. The van der Waals surface area contributed by atoms with Crippen LogP contribution in [0.25, 0.3) is 39.0 Å². The molecule has 211 valence electrons. The number of aromatic amines is 1. The molecule has 8 nitrogen and oxygen atoms in total. The Labute approximate surface area is 270 Å². The monoisotopic (exact) mass is 634 g/mol. The number of hydrogen-bond donors (Lipinski definition) is 1. The second-order valence-electron chi connectivity index (χ2n) is 11.4. The summed E-state index contributed by atoms with van der Waals surface area (Å²) in [5.74, 6) is 0. The summed E-state index contributed by atoms with van der Waals surface area (Å²) >= 11 is 0. The smallest absolute Gasteiger partial charge is 0.136 e. The molecule has 0 unspecified atom stereocenters. The van der Waals surface area contributed by atoms with Gasteiger partial charge in [-0.2, -0.15) is 5.10 Å². The molecule has 2 aliphatic rings. The largest absolute Gasteiger partial charge is 0.619 e. The maximum atomic E-state index is 11.7. The SMILES string of the molecule is COC1CC(N=O)(c2ccc(-c3[nH]c4c(c(-c5cccc([N-]N6Cc7ccccc7C6)c5C)nn4C)c3C)cc2)C1.[Y]. The molecule has 1 saturated carbocycles. The van der Waals surface area contributed by atoms with E-state index in [1.807, 2.05) is 23.9 Å². The quantitative estimate of drug-likeness (QED) is 0.187. The Morgan fingerprint density at radius 3 is 2.31 bits per heavy atom. The zero-order valence-electron chi connectivity index (χ0n) is 24.4. The molecule has 7 rings (SSSR count). The molecule has 1 aliphatic carbocycles. The second kappa shape index (κ2) is 11.2. The fraction of sp³-hybridized carbons (Fsp3) is 0.303. The Hall–Kier alpha value is -3.17. The van der Waals surface area contributed by atoms with E-state index in [9.17, 15) is 4.91 Å². The predicted molar refractivity (Wildman–Crippen MR) is 162 cm³/mol. The number of aromatic nitrogens is 3. The minimum Gasteiger partial charge on any atom is -0.619 e. The summed E-state index contributed by atoms with van der Waals surface area (Å²) in [6, 6.07) is 23.0. The number of aryl methyl sites for hydroxylation is 2. The molecule has 0 saturated heterocycles. The van der Waals surface area contributed by atoms with E-state index >= 15 is 0 Å². The van der Waals surface area contributed by atoms with Gasteiger partial charge in [-0.15, -0.1) is 10.6 Å². The maximum Gasteiger partial charge on any atom is 0.136 e. The number of benzene rings is 3. The van der Waals surface area contributed by atoms with Gasteiger partial charge in [-0.3, -0.25) is 4.68 Å². The number of H-pyrrole nitrogens is 1. The average Bonchev–Trinajstić information content (AvgIpc) is 3.63. The van der Waals surface area contributed by atoms with Crippen LogP contribution in [-0.4, -0.2) is 33.0 Å². The van der Waals surface area contributed by atoms with Crippen LogP contribution in [0.2, 0.25) is 0 Å². The van der Waals surface area contributed by atoms with Gasteiger partial charge in [0.05, 0.1) is 11.8 Å². The number of methoxy groups -OCH3 is 1. The van der Waals surface area contributed by atoms with Gasteiger partial charge in [0.1, 0.15) is 16.9 Å². The molecular weight excluding hydrogens is 601 g/mol. The van der Waals surface area contributed by atoms with Crippen LogP contribution in [0.5, 0.6) is 0 Å². The molecule has 9 heteroatoms. The zero-order chi connectivity index (χ0) is 28.3. The zero-order valence-corrected chi connectivity index (χ0v) is 27.2. The topological polar surface area (TPSA) is 89.6 Å². The van der Waals surface area contributed by atoms with Crippen LogP contribution in [0.4, 0.5) is 5.69 Å². The Morgan fingerprint density at radius 2 is 1.67 bits per heavy atom. The van der Waals surface area contributed by atoms with Gasteiger partial charge in [-0.25, -0.2) is 0 Å². The van der Waals surface area contributed by atoms with E-state index in [0.29, 0.717) is 12.8 Å². The summed E-state index contributed by atoms with van der Waals surface area (Å²) < 4.78 is 7.32. The first-order chi connectivity index (χ1) is 19.9. The van der Waals surface area contributed by atoms with Gasteiger partial charge >= 0.3 is 0 Å². The number of ether oxygens (including phenoxy) is 1. The van der Waals surface area contributed by atoms with Crippen LogP contribution in [0.15, 0.2) is 71.9 Å². The van der Waals surface area contributed by atoms with E-state index in [4.69, 9.17) is 15.3 Å². The maximum absolute atomic E-state index is 11.7. The first kappa shape index (κ1) is 28.9. The minimum atomic E-state index is -0.683. The fourth-order valence-corrected chi connectivity index (χ4v) is 6.53. The third kappa shape index (κ3) is 4.65. The molecule has 1 fully saturated rings. The molecule has 42 heavy (non-hydrogen) atoms. The van der Waals surface area contributed by atoms with Crippen molar-refractivity contribution in [3.8, 4) is 22.5 Å². The van der Waals surface area contributed by atoms with Crippen molar-refractivity contribution in [3.05, 3.63) is 105 Å². The van der Waals surface area contributed by atoms with Crippen LogP contribution in [0.1, 0.15) is 40.7 Å². The van der Waals surface area contributed by atoms with E-state index in [-0.39, 0.29) is 38.8 Å². The number of nitrogens with zero attached hydrogens (tertiary/aromatic N) is 5. The van der Waals surface area contributed by atoms with E-state index in [1.54, 1.807) is 7.11 Å². The third-order valence-corrected chi connectivity index (χ3v) is 9.02. The molecule has 0 spiro atoms. The van der Waals surface area contributed by atoms with Crippen molar-refractivity contribution in [1.29, 1.82) is 0 Å². The standard InChI is InChI=1S/C33H33N6O2.Y/c1-20-27(10-7-11-28(20)35-39-18-23-8-5-6-9-24(23)19-39)31-29-21(2)30(34-32(29)38(3)36-31)22-12-14-25(15-13-22)33(37-40)16-26(17-33)41-4;/h5-15,26,34H,16-19H2,1-4H3;/q-1;. The van der Waals surface area contributed by atoms with Crippen LogP contribution in [0, 0.1) is 18.8 Å². The van der Waals surface area contributed by atoms with Crippen molar-refractivity contribution in [3.63, 3.8) is 0 Å². The van der Waals surface area contributed by atoms with E-state index < -0.39 is 5.54 Å². The Morgan fingerprint density at radius 1 is 0.976 bits per heavy atom. The van der Waals surface area contributed by atoms with Crippen LogP contribution in [-0.2, 0) is 63.1 Å². The molecule has 0 amide bonds. The van der Waals surface area contributed by atoms with Crippen molar-refractivity contribution in [2.75, 3.05) is 7.11 Å². The first-order valence-corrected chi connectivity index (χ1v) is 14.1. The molecule has 0 bridgehead atoms. The third-order valence-electron chi connectivity index (χ3n) is 9.02. The van der Waals surface area contributed by atoms with Crippen molar-refractivity contribution < 1.29 is 37.4 Å². The molecule has 3 aromatic carbocycles. The summed E-state index contributed by atoms with van der Waals surface area (Å²) in [5, 5.41) is 11.7. The van der Waals surface area contributed by atoms with Crippen LogP contribution >= 0.6 is 0 Å². The van der Waals surface area contributed by atoms with Gasteiger partial charge in [0.25, 0.3) is 0 Å². The normalized spacial score (nSPS) is 19.8. The molecule has 2 aromatic heterocycles.